The van der Waals surface area contributed by atoms with Gasteiger partial charge in [-0.25, -0.2) is 4.39 Å². The Morgan fingerprint density at radius 3 is 2.71 bits per heavy atom. The first-order valence-electron chi connectivity index (χ1n) is 3.45. The predicted molar refractivity (Wildman–Crippen MR) is 51.7 cm³/mol. The summed E-state index contributed by atoms with van der Waals surface area (Å²) in [5.74, 6) is -1.08. The van der Waals surface area contributed by atoms with Crippen molar-refractivity contribution in [3.05, 3.63) is 26.5 Å². The molecule has 1 rings (SSSR count). The number of benzene rings is 1. The second-order valence-corrected chi connectivity index (χ2v) is 3.25. The quantitative estimate of drug-likeness (QED) is 0.504. The van der Waals surface area contributed by atoms with Crippen LogP contribution in [0.1, 0.15) is 0 Å². The Hall–Kier alpha value is -1.37. The molecule has 0 bridgehead atoms. The average molecular weight is 265 g/mol. The summed E-state index contributed by atoms with van der Waals surface area (Å²) in [6.07, 6.45) is 0. The zero-order valence-electron chi connectivity index (χ0n) is 7.08. The minimum absolute atomic E-state index is 0.0600. The number of hydrogen-bond acceptors (Lipinski definition) is 4. The van der Waals surface area contributed by atoms with Crippen molar-refractivity contribution in [2.24, 2.45) is 0 Å². The maximum absolute atomic E-state index is 13.2. The van der Waals surface area contributed by atoms with E-state index in [0.717, 1.165) is 6.07 Å². The Balaban J connectivity index is 3.50. The highest BCUT2D eigenvalue weighted by molar-refractivity contribution is 9.10. The van der Waals surface area contributed by atoms with Crippen LogP contribution in [0.4, 0.5) is 15.8 Å². The molecule has 0 saturated heterocycles. The molecule has 0 saturated carbocycles. The van der Waals surface area contributed by atoms with Crippen LogP contribution >= 0.6 is 15.9 Å². The van der Waals surface area contributed by atoms with E-state index < -0.39 is 16.4 Å². The number of nitrogens with two attached hydrogens (primary N) is 1. The summed E-state index contributed by atoms with van der Waals surface area (Å²) in [5.41, 5.74) is 4.62. The molecule has 0 atom stereocenters. The third-order valence-electron chi connectivity index (χ3n) is 1.59. The molecule has 0 heterocycles. The molecule has 0 unspecified atom stereocenters. The number of nitro benzene ring substituents is 1. The Labute approximate surface area is 86.9 Å². The number of nitro groups is 1. The largest absolute Gasteiger partial charge is 0.491 e. The number of methoxy groups -OCH3 is 1. The second kappa shape index (κ2) is 3.79. The molecule has 0 aliphatic rings. The molecule has 0 aliphatic carbocycles. The van der Waals surface area contributed by atoms with Crippen LogP contribution in [-0.4, -0.2) is 12.0 Å². The Morgan fingerprint density at radius 1 is 1.71 bits per heavy atom. The van der Waals surface area contributed by atoms with E-state index in [4.69, 9.17) is 5.73 Å². The van der Waals surface area contributed by atoms with Crippen molar-refractivity contribution in [1.29, 1.82) is 0 Å². The van der Waals surface area contributed by atoms with Crippen molar-refractivity contribution in [1.82, 2.24) is 0 Å². The van der Waals surface area contributed by atoms with Crippen LogP contribution in [0.3, 0.4) is 0 Å². The number of nitrogens with zero attached hydrogens (tertiary/aromatic N) is 1. The van der Waals surface area contributed by atoms with Crippen molar-refractivity contribution in [3.8, 4) is 5.75 Å². The van der Waals surface area contributed by atoms with Crippen LogP contribution in [0.2, 0.25) is 0 Å². The van der Waals surface area contributed by atoms with Gasteiger partial charge < -0.3 is 10.5 Å². The first kappa shape index (κ1) is 10.7. The molecule has 14 heavy (non-hydrogen) atoms. The van der Waals surface area contributed by atoms with Gasteiger partial charge in [0, 0.05) is 6.07 Å². The lowest BCUT2D eigenvalue weighted by atomic mass is 10.2. The fraction of sp³-hybridized carbons (Fsp3) is 0.143. The number of halogens is 2. The molecule has 0 aromatic heterocycles. The molecule has 0 fully saturated rings. The molecule has 0 amide bonds. The summed E-state index contributed by atoms with van der Waals surface area (Å²) in [4.78, 5) is 9.77. The van der Waals surface area contributed by atoms with Crippen molar-refractivity contribution in [2.75, 3.05) is 12.8 Å². The smallest absolute Gasteiger partial charge is 0.297 e. The van der Waals surface area contributed by atoms with Crippen molar-refractivity contribution in [3.63, 3.8) is 0 Å². The molecular formula is C7H6BrFN2O3. The molecule has 0 spiro atoms. The van der Waals surface area contributed by atoms with E-state index in [-0.39, 0.29) is 15.9 Å². The maximum atomic E-state index is 13.2. The van der Waals surface area contributed by atoms with Crippen LogP contribution in [-0.2, 0) is 0 Å². The summed E-state index contributed by atoms with van der Waals surface area (Å²) >= 11 is 2.83. The lowest BCUT2D eigenvalue weighted by Crippen LogP contribution is -2.01. The number of hydrogen-bond donors (Lipinski definition) is 1. The zero-order chi connectivity index (χ0) is 10.9. The molecule has 0 radical (unpaired) electrons. The van der Waals surface area contributed by atoms with E-state index in [2.05, 4.69) is 20.7 Å². The second-order valence-electron chi connectivity index (χ2n) is 2.40. The average Bonchev–Trinajstić information content (AvgIpc) is 2.12. The van der Waals surface area contributed by atoms with Crippen molar-refractivity contribution < 1.29 is 14.1 Å². The number of nitrogen functional groups attached to an aromatic ring is 1. The molecule has 7 heteroatoms. The van der Waals surface area contributed by atoms with Gasteiger partial charge in [-0.1, -0.05) is 0 Å². The fourth-order valence-electron chi connectivity index (χ4n) is 0.955. The Kier molecular flexibility index (Phi) is 2.90. The van der Waals surface area contributed by atoms with Gasteiger partial charge in [-0.05, 0) is 15.9 Å². The van der Waals surface area contributed by atoms with E-state index >= 15 is 0 Å². The monoisotopic (exact) mass is 264 g/mol. The predicted octanol–water partition coefficient (Wildman–Crippen LogP) is 2.09. The van der Waals surface area contributed by atoms with E-state index in [1.165, 1.54) is 7.11 Å². The van der Waals surface area contributed by atoms with Crippen molar-refractivity contribution >= 4 is 27.3 Å². The minimum atomic E-state index is -0.754. The third-order valence-corrected chi connectivity index (χ3v) is 2.17. The first-order chi connectivity index (χ1) is 6.49. The van der Waals surface area contributed by atoms with Gasteiger partial charge in [0.25, 0.3) is 5.69 Å². The number of anilines is 1. The van der Waals surface area contributed by atoms with Gasteiger partial charge in [-0.2, -0.15) is 0 Å². The van der Waals surface area contributed by atoms with Crippen LogP contribution in [0, 0.1) is 15.9 Å². The molecule has 2 N–H and O–H groups in total. The number of rotatable bonds is 2. The van der Waals surface area contributed by atoms with E-state index in [9.17, 15) is 14.5 Å². The van der Waals surface area contributed by atoms with Gasteiger partial charge in [0.1, 0.15) is 0 Å². The minimum Gasteiger partial charge on any atom is -0.491 e. The first-order valence-corrected chi connectivity index (χ1v) is 4.24. The van der Waals surface area contributed by atoms with Gasteiger partial charge in [0.05, 0.1) is 16.5 Å². The SMILES string of the molecule is COc1c(N)c([N+](=O)[O-])cc(Br)c1F. The van der Waals surface area contributed by atoms with Crippen LogP contribution in [0.25, 0.3) is 0 Å². The van der Waals surface area contributed by atoms with Gasteiger partial charge in [-0.3, -0.25) is 10.1 Å². The molecule has 1 aromatic rings. The van der Waals surface area contributed by atoms with Crippen molar-refractivity contribution in [2.45, 2.75) is 0 Å². The van der Waals surface area contributed by atoms with E-state index in [1.807, 2.05) is 0 Å². The Bertz CT molecular complexity index is 397. The molecule has 5 nitrogen and oxygen atoms in total. The summed E-state index contributed by atoms with van der Waals surface area (Å²) < 4.78 is 17.8. The topological polar surface area (TPSA) is 78.4 Å². The highest BCUT2D eigenvalue weighted by Crippen LogP contribution is 2.38. The highest BCUT2D eigenvalue weighted by Gasteiger charge is 2.22. The molecular weight excluding hydrogens is 259 g/mol. The zero-order valence-corrected chi connectivity index (χ0v) is 8.67. The lowest BCUT2D eigenvalue weighted by Gasteiger charge is -2.07. The summed E-state index contributed by atoms with van der Waals surface area (Å²) in [6, 6.07) is 0.993. The molecule has 0 aliphatic heterocycles. The molecule has 76 valence electrons. The normalized spacial score (nSPS) is 9.93. The fourth-order valence-corrected chi connectivity index (χ4v) is 1.35. The van der Waals surface area contributed by atoms with Gasteiger partial charge >= 0.3 is 0 Å². The van der Waals surface area contributed by atoms with Crippen LogP contribution in [0.5, 0.6) is 5.75 Å². The summed E-state index contributed by atoms with van der Waals surface area (Å²) in [7, 11) is 1.19. The number of ether oxygens (including phenoxy) is 1. The lowest BCUT2D eigenvalue weighted by molar-refractivity contribution is -0.384. The third kappa shape index (κ3) is 1.63. The van der Waals surface area contributed by atoms with Crippen LogP contribution in [0.15, 0.2) is 10.5 Å². The standard InChI is InChI=1S/C7H6BrFN2O3/c1-14-7-5(9)3(8)2-4(6(7)10)11(12)13/h2H,10H2,1H3. The van der Waals surface area contributed by atoms with Gasteiger partial charge in [0.2, 0.25) is 0 Å². The Morgan fingerprint density at radius 2 is 2.29 bits per heavy atom. The highest BCUT2D eigenvalue weighted by atomic mass is 79.9. The van der Waals surface area contributed by atoms with E-state index in [1.54, 1.807) is 0 Å². The van der Waals surface area contributed by atoms with Gasteiger partial charge in [0.15, 0.2) is 17.3 Å². The maximum Gasteiger partial charge on any atom is 0.297 e. The van der Waals surface area contributed by atoms with E-state index in [0.29, 0.717) is 0 Å². The van der Waals surface area contributed by atoms with Crippen LogP contribution < -0.4 is 10.5 Å². The summed E-state index contributed by atoms with van der Waals surface area (Å²) in [5, 5.41) is 10.5. The summed E-state index contributed by atoms with van der Waals surface area (Å²) in [6.45, 7) is 0. The molecule has 1 aromatic carbocycles. The van der Waals surface area contributed by atoms with Gasteiger partial charge in [-0.15, -0.1) is 0 Å².